The largest absolute Gasteiger partial charge is 0.323 e. The Labute approximate surface area is 119 Å². The Morgan fingerprint density at radius 1 is 1.33 bits per heavy atom. The van der Waals surface area contributed by atoms with Crippen molar-refractivity contribution in [1.82, 2.24) is 9.97 Å². The second kappa shape index (κ2) is 5.49. The number of alkyl halides is 1. The third-order valence-corrected chi connectivity index (χ3v) is 4.38. The van der Waals surface area contributed by atoms with E-state index in [1.165, 1.54) is 0 Å². The summed E-state index contributed by atoms with van der Waals surface area (Å²) in [5.74, 6) is 0.584. The van der Waals surface area contributed by atoms with Crippen molar-refractivity contribution >= 4 is 38.6 Å². The van der Waals surface area contributed by atoms with Crippen LogP contribution in [0.15, 0.2) is 21.4 Å². The summed E-state index contributed by atoms with van der Waals surface area (Å²) < 4.78 is 0.938. The molecule has 0 saturated carbocycles. The average molecular weight is 332 g/mol. The monoisotopic (exact) mass is 330 g/mol. The van der Waals surface area contributed by atoms with Gasteiger partial charge in [-0.15, -0.1) is 11.6 Å². The molecule has 0 saturated heterocycles. The number of hydrogen-bond donors (Lipinski definition) is 2. The van der Waals surface area contributed by atoms with Crippen LogP contribution in [0.1, 0.15) is 37.6 Å². The third-order valence-electron chi connectivity index (χ3n) is 3.28. The summed E-state index contributed by atoms with van der Waals surface area (Å²) in [5, 5.41) is -0.0443. The standard InChI is InChI=1S/C13H16BrClN2O/c1-3-7(2)4-10(15)8-5-11-12(6-9(8)14)17-13(18)16-11/h5-7,10H,3-4H2,1-2H3,(H2,16,17,18). The van der Waals surface area contributed by atoms with Gasteiger partial charge >= 0.3 is 5.69 Å². The fraction of sp³-hybridized carbons (Fsp3) is 0.462. The lowest BCUT2D eigenvalue weighted by Crippen LogP contribution is -2.00. The van der Waals surface area contributed by atoms with Gasteiger partial charge in [-0.1, -0.05) is 36.2 Å². The van der Waals surface area contributed by atoms with Crippen LogP contribution < -0.4 is 5.69 Å². The smallest absolute Gasteiger partial charge is 0.306 e. The lowest BCUT2D eigenvalue weighted by Gasteiger charge is -2.16. The third kappa shape index (κ3) is 2.81. The fourth-order valence-corrected chi connectivity index (χ4v) is 3.20. The highest BCUT2D eigenvalue weighted by Crippen LogP contribution is 2.35. The molecule has 2 unspecified atom stereocenters. The normalized spacial score (nSPS) is 14.9. The molecule has 3 nitrogen and oxygen atoms in total. The minimum atomic E-state index is -0.193. The van der Waals surface area contributed by atoms with E-state index < -0.39 is 0 Å². The fourth-order valence-electron chi connectivity index (χ4n) is 1.96. The van der Waals surface area contributed by atoms with Crippen LogP contribution in [0.4, 0.5) is 0 Å². The van der Waals surface area contributed by atoms with Crippen molar-refractivity contribution < 1.29 is 0 Å². The van der Waals surface area contributed by atoms with E-state index in [0.717, 1.165) is 33.9 Å². The summed E-state index contributed by atoms with van der Waals surface area (Å²) >= 11 is 9.98. The van der Waals surface area contributed by atoms with Crippen molar-refractivity contribution in [3.8, 4) is 0 Å². The molecule has 18 heavy (non-hydrogen) atoms. The van der Waals surface area contributed by atoms with Crippen molar-refractivity contribution in [3.63, 3.8) is 0 Å². The second-order valence-electron chi connectivity index (χ2n) is 4.72. The van der Waals surface area contributed by atoms with Crippen molar-refractivity contribution in [1.29, 1.82) is 0 Å². The molecule has 5 heteroatoms. The van der Waals surface area contributed by atoms with E-state index in [-0.39, 0.29) is 11.1 Å². The predicted octanol–water partition coefficient (Wildman–Crippen LogP) is 4.33. The molecule has 2 rings (SSSR count). The van der Waals surface area contributed by atoms with Gasteiger partial charge in [0.15, 0.2) is 0 Å². The zero-order chi connectivity index (χ0) is 13.3. The number of hydrogen-bond acceptors (Lipinski definition) is 1. The lowest BCUT2D eigenvalue weighted by atomic mass is 9.98. The van der Waals surface area contributed by atoms with Gasteiger partial charge in [0, 0.05) is 4.47 Å². The second-order valence-corrected chi connectivity index (χ2v) is 6.10. The molecular weight excluding hydrogens is 316 g/mol. The number of aromatic nitrogens is 2. The topological polar surface area (TPSA) is 48.6 Å². The number of nitrogens with one attached hydrogen (secondary N) is 2. The van der Waals surface area contributed by atoms with Crippen molar-refractivity contribution in [2.45, 2.75) is 32.1 Å². The maximum Gasteiger partial charge on any atom is 0.323 e. The highest BCUT2D eigenvalue weighted by Gasteiger charge is 2.16. The van der Waals surface area contributed by atoms with Crippen LogP contribution in [0, 0.1) is 5.92 Å². The molecule has 1 aromatic heterocycles. The summed E-state index contributed by atoms with van der Waals surface area (Å²) in [6.07, 6.45) is 2.04. The van der Waals surface area contributed by atoms with Crippen molar-refractivity contribution in [2.75, 3.05) is 0 Å². The van der Waals surface area contributed by atoms with Gasteiger partial charge in [-0.05, 0) is 30.0 Å². The Kier molecular flexibility index (Phi) is 4.17. The molecule has 1 aromatic carbocycles. The highest BCUT2D eigenvalue weighted by molar-refractivity contribution is 9.10. The summed E-state index contributed by atoms with van der Waals surface area (Å²) in [4.78, 5) is 16.7. The van der Waals surface area contributed by atoms with E-state index in [0.29, 0.717) is 5.92 Å². The lowest BCUT2D eigenvalue weighted by molar-refractivity contribution is 0.508. The number of imidazole rings is 1. The quantitative estimate of drug-likeness (QED) is 0.805. The molecule has 1 heterocycles. The Morgan fingerprint density at radius 2 is 1.94 bits per heavy atom. The molecule has 98 valence electrons. The van der Waals surface area contributed by atoms with E-state index in [1.807, 2.05) is 12.1 Å². The van der Waals surface area contributed by atoms with Gasteiger partial charge in [0.2, 0.25) is 0 Å². The number of benzene rings is 1. The van der Waals surface area contributed by atoms with Gasteiger partial charge in [-0.3, -0.25) is 0 Å². The van der Waals surface area contributed by atoms with Crippen molar-refractivity contribution in [2.24, 2.45) is 5.92 Å². The molecule has 0 radical (unpaired) electrons. The number of fused-ring (bicyclic) bond motifs is 1. The van der Waals surface area contributed by atoms with E-state index >= 15 is 0 Å². The zero-order valence-electron chi connectivity index (χ0n) is 10.4. The molecule has 0 aliphatic rings. The molecular formula is C13H16BrClN2O. The zero-order valence-corrected chi connectivity index (χ0v) is 12.7. The number of halogens is 2. The van der Waals surface area contributed by atoms with E-state index in [1.54, 1.807) is 0 Å². The Bertz CT molecular complexity index is 605. The van der Waals surface area contributed by atoms with Crippen LogP contribution in [0.2, 0.25) is 0 Å². The molecule has 2 N–H and O–H groups in total. The number of aromatic amines is 2. The molecule has 2 atom stereocenters. The molecule has 0 aliphatic heterocycles. The predicted molar refractivity (Wildman–Crippen MR) is 79.3 cm³/mol. The van der Waals surface area contributed by atoms with Gasteiger partial charge in [-0.2, -0.15) is 0 Å². The van der Waals surface area contributed by atoms with E-state index in [2.05, 4.69) is 39.7 Å². The summed E-state index contributed by atoms with van der Waals surface area (Å²) in [6.45, 7) is 4.36. The summed E-state index contributed by atoms with van der Waals surface area (Å²) in [6, 6.07) is 3.84. The van der Waals surface area contributed by atoms with Gasteiger partial charge in [0.1, 0.15) is 0 Å². The van der Waals surface area contributed by atoms with Crippen LogP contribution in [0.5, 0.6) is 0 Å². The van der Waals surface area contributed by atoms with Gasteiger partial charge < -0.3 is 9.97 Å². The first kappa shape index (κ1) is 13.7. The molecule has 0 fully saturated rings. The van der Waals surface area contributed by atoms with Crippen LogP contribution in [-0.4, -0.2) is 9.97 Å². The minimum Gasteiger partial charge on any atom is -0.306 e. The number of rotatable bonds is 4. The van der Waals surface area contributed by atoms with Crippen molar-refractivity contribution in [3.05, 3.63) is 32.7 Å². The molecule has 2 aromatic rings. The van der Waals surface area contributed by atoms with Crippen LogP contribution in [0.3, 0.4) is 0 Å². The van der Waals surface area contributed by atoms with Gasteiger partial charge in [0.05, 0.1) is 16.4 Å². The Morgan fingerprint density at radius 3 is 2.56 bits per heavy atom. The highest BCUT2D eigenvalue weighted by atomic mass is 79.9. The van der Waals surface area contributed by atoms with Crippen LogP contribution in [-0.2, 0) is 0 Å². The average Bonchev–Trinajstić information content (AvgIpc) is 2.66. The molecule has 0 aliphatic carbocycles. The SMILES string of the molecule is CCC(C)CC(Cl)c1cc2[nH]c(=O)[nH]c2cc1Br. The minimum absolute atomic E-state index is 0.0443. The first-order valence-electron chi connectivity index (χ1n) is 6.06. The van der Waals surface area contributed by atoms with E-state index in [9.17, 15) is 4.79 Å². The van der Waals surface area contributed by atoms with Crippen LogP contribution in [0.25, 0.3) is 11.0 Å². The molecule has 0 amide bonds. The Hall–Kier alpha value is -0.740. The van der Waals surface area contributed by atoms with Gasteiger partial charge in [-0.25, -0.2) is 4.79 Å². The summed E-state index contributed by atoms with van der Waals surface area (Å²) in [5.41, 5.74) is 2.43. The Balaban J connectivity index is 2.37. The maximum absolute atomic E-state index is 11.2. The maximum atomic E-state index is 11.2. The first-order chi connectivity index (χ1) is 8.51. The molecule has 0 bridgehead atoms. The first-order valence-corrected chi connectivity index (χ1v) is 7.29. The summed E-state index contributed by atoms with van der Waals surface area (Å²) in [7, 11) is 0. The van der Waals surface area contributed by atoms with Crippen LogP contribution >= 0.6 is 27.5 Å². The van der Waals surface area contributed by atoms with Gasteiger partial charge in [0.25, 0.3) is 0 Å². The molecule has 0 spiro atoms. The number of H-pyrrole nitrogens is 2. The van der Waals surface area contributed by atoms with E-state index in [4.69, 9.17) is 11.6 Å².